The molecule has 4 heterocycles. The van der Waals surface area contributed by atoms with E-state index in [1.165, 1.54) is 14.2 Å². The first-order chi connectivity index (χ1) is 22.6. The van der Waals surface area contributed by atoms with Crippen molar-refractivity contribution in [2.45, 2.75) is 64.1 Å². The number of likely N-dealkylation sites (tertiary alicyclic amines) is 1. The maximum atomic E-state index is 13.2. The highest BCUT2D eigenvalue weighted by Gasteiger charge is 2.35. The third-order valence-corrected chi connectivity index (χ3v) is 8.54. The van der Waals surface area contributed by atoms with Crippen molar-refractivity contribution in [1.82, 2.24) is 30.2 Å². The highest BCUT2D eigenvalue weighted by molar-refractivity contribution is 6.04. The number of nitrogens with zero attached hydrogens (tertiary/aromatic N) is 3. The van der Waals surface area contributed by atoms with Gasteiger partial charge in [0.2, 0.25) is 0 Å². The number of carbonyl (C=O) groups is 3. The van der Waals surface area contributed by atoms with E-state index >= 15 is 0 Å². The monoisotopic (exact) mass is 640 g/mol. The van der Waals surface area contributed by atoms with Gasteiger partial charge in [0.25, 0.3) is 0 Å². The summed E-state index contributed by atoms with van der Waals surface area (Å²) in [7, 11) is 2.64. The highest BCUT2D eigenvalue weighted by atomic mass is 16.6. The second-order valence-electron chi connectivity index (χ2n) is 12.8. The molecule has 47 heavy (non-hydrogen) atoms. The van der Waals surface area contributed by atoms with Gasteiger partial charge in [0.1, 0.15) is 17.2 Å². The molecule has 12 heteroatoms. The summed E-state index contributed by atoms with van der Waals surface area (Å²) >= 11 is 0. The van der Waals surface area contributed by atoms with Crippen LogP contribution in [-0.2, 0) is 14.2 Å². The van der Waals surface area contributed by atoms with Crippen LogP contribution < -0.4 is 5.32 Å². The van der Waals surface area contributed by atoms with Crippen LogP contribution in [0.3, 0.4) is 0 Å². The molecule has 12 nitrogen and oxygen atoms in total. The molecule has 0 radical (unpaired) electrons. The average Bonchev–Trinajstić information content (AvgIpc) is 3.89. The first-order valence-corrected chi connectivity index (χ1v) is 15.8. The number of nitrogens with one attached hydrogen (secondary N) is 3. The van der Waals surface area contributed by atoms with Gasteiger partial charge in [0, 0.05) is 17.7 Å². The summed E-state index contributed by atoms with van der Waals surface area (Å²) in [5.74, 6) is 0.400. The van der Waals surface area contributed by atoms with Gasteiger partial charge in [-0.2, -0.15) is 0 Å². The zero-order valence-corrected chi connectivity index (χ0v) is 27.3. The Bertz CT molecular complexity index is 1800. The number of H-pyrrole nitrogens is 2. The van der Waals surface area contributed by atoms with Gasteiger partial charge >= 0.3 is 18.0 Å². The first-order valence-electron chi connectivity index (χ1n) is 15.8. The second-order valence-corrected chi connectivity index (χ2v) is 12.8. The molecule has 2 aliphatic rings. The molecule has 6 rings (SSSR count). The van der Waals surface area contributed by atoms with Crippen LogP contribution in [0.5, 0.6) is 0 Å². The highest BCUT2D eigenvalue weighted by Crippen LogP contribution is 2.36. The van der Waals surface area contributed by atoms with Crippen LogP contribution in [0.2, 0.25) is 0 Å². The topological polar surface area (TPSA) is 152 Å². The molecule has 2 atom stereocenters. The number of aromatic amines is 2. The number of imidazole rings is 2. The van der Waals surface area contributed by atoms with Gasteiger partial charge in [-0.15, -0.1) is 0 Å². The molecule has 1 amide bonds. The summed E-state index contributed by atoms with van der Waals surface area (Å²) in [4.78, 5) is 56.7. The Hall–Kier alpha value is -4.97. The Kier molecular flexibility index (Phi) is 8.87. The zero-order valence-electron chi connectivity index (χ0n) is 27.3. The van der Waals surface area contributed by atoms with Gasteiger partial charge in [-0.1, -0.05) is 24.3 Å². The van der Waals surface area contributed by atoms with Crippen LogP contribution in [0.1, 0.15) is 90.9 Å². The van der Waals surface area contributed by atoms with E-state index in [-0.39, 0.29) is 23.7 Å². The maximum absolute atomic E-state index is 13.2. The molecule has 2 aliphatic heterocycles. The summed E-state index contributed by atoms with van der Waals surface area (Å²) in [6.45, 7) is 7.07. The Morgan fingerprint density at radius 3 is 1.91 bits per heavy atom. The number of benzene rings is 2. The number of carbonyl (C=O) groups excluding carboxylic acids is 3. The van der Waals surface area contributed by atoms with Crippen LogP contribution >= 0.6 is 0 Å². The fourth-order valence-electron chi connectivity index (χ4n) is 6.27. The lowest BCUT2D eigenvalue weighted by Gasteiger charge is -2.27. The third kappa shape index (κ3) is 6.64. The maximum Gasteiger partial charge on any atom is 0.410 e. The number of methoxy groups -OCH3 is 2. The van der Waals surface area contributed by atoms with Crippen molar-refractivity contribution in [2.75, 3.05) is 27.3 Å². The van der Waals surface area contributed by atoms with Crippen molar-refractivity contribution < 1.29 is 28.6 Å². The molecule has 2 aromatic heterocycles. The number of hydrogen-bond acceptors (Lipinski definition) is 9. The molecule has 246 valence electrons. The van der Waals surface area contributed by atoms with Gasteiger partial charge in [0.05, 0.1) is 61.2 Å². The van der Waals surface area contributed by atoms with Gasteiger partial charge in [-0.25, -0.2) is 24.4 Å². The average molecular weight is 641 g/mol. The molecule has 0 bridgehead atoms. The molecule has 0 saturated carbocycles. The Balaban J connectivity index is 1.33. The molecule has 0 unspecified atom stereocenters. The van der Waals surface area contributed by atoms with Gasteiger partial charge < -0.3 is 29.5 Å². The van der Waals surface area contributed by atoms with Crippen molar-refractivity contribution in [3.63, 3.8) is 0 Å². The SMILES string of the molecule is COC(=O)c1cc(-c2cnc([C@@H]3CCCN3)[nH]2)ccc1-c1ccc(-c2cnc([C@H]3CCCN3C(=O)OC(C)(C)C)[nH]2)cc1C(=O)OC. The molecule has 0 spiro atoms. The second kappa shape index (κ2) is 13.0. The van der Waals surface area contributed by atoms with E-state index < -0.39 is 17.5 Å². The predicted octanol–water partition coefficient (Wildman–Crippen LogP) is 6.20. The molecule has 4 aromatic rings. The van der Waals surface area contributed by atoms with Crippen molar-refractivity contribution >= 4 is 18.0 Å². The van der Waals surface area contributed by atoms with E-state index in [2.05, 4.69) is 25.3 Å². The lowest BCUT2D eigenvalue weighted by atomic mass is 9.91. The largest absolute Gasteiger partial charge is 0.465 e. The molecule has 3 N–H and O–H groups in total. The number of ether oxygens (including phenoxy) is 3. The molecular weight excluding hydrogens is 600 g/mol. The zero-order chi connectivity index (χ0) is 33.3. The Morgan fingerprint density at radius 1 is 0.809 bits per heavy atom. The Labute approximate surface area is 273 Å². The summed E-state index contributed by atoms with van der Waals surface area (Å²) in [5.41, 5.74) is 3.90. The number of esters is 2. The summed E-state index contributed by atoms with van der Waals surface area (Å²) in [6.07, 6.45) is 6.77. The molecule has 2 saturated heterocycles. The normalized spacial score (nSPS) is 17.9. The summed E-state index contributed by atoms with van der Waals surface area (Å²) < 4.78 is 15.9. The van der Waals surface area contributed by atoms with E-state index in [0.29, 0.717) is 40.3 Å². The van der Waals surface area contributed by atoms with Crippen molar-refractivity contribution in [3.05, 3.63) is 71.6 Å². The lowest BCUT2D eigenvalue weighted by Crippen LogP contribution is -2.36. The van der Waals surface area contributed by atoms with Crippen LogP contribution in [0.4, 0.5) is 4.79 Å². The van der Waals surface area contributed by atoms with Crippen LogP contribution in [0, 0.1) is 0 Å². The van der Waals surface area contributed by atoms with E-state index in [9.17, 15) is 14.4 Å². The lowest BCUT2D eigenvalue weighted by molar-refractivity contribution is 0.0218. The number of amides is 1. The molecular formula is C35H40N6O6. The van der Waals surface area contributed by atoms with Crippen LogP contribution in [0.25, 0.3) is 33.6 Å². The number of hydrogen-bond donors (Lipinski definition) is 3. The van der Waals surface area contributed by atoms with E-state index in [1.807, 2.05) is 32.9 Å². The van der Waals surface area contributed by atoms with Gasteiger partial charge in [-0.3, -0.25) is 4.90 Å². The minimum absolute atomic E-state index is 0.178. The van der Waals surface area contributed by atoms with Gasteiger partial charge in [0.15, 0.2) is 0 Å². The summed E-state index contributed by atoms with van der Waals surface area (Å²) in [5, 5.41) is 3.44. The number of rotatable bonds is 7. The molecule has 2 aromatic carbocycles. The number of aromatic nitrogens is 4. The molecule has 2 fully saturated rings. The predicted molar refractivity (Wildman–Crippen MR) is 175 cm³/mol. The van der Waals surface area contributed by atoms with E-state index in [1.54, 1.807) is 41.6 Å². The van der Waals surface area contributed by atoms with Crippen LogP contribution in [0.15, 0.2) is 48.8 Å². The minimum atomic E-state index is -0.603. The quantitative estimate of drug-likeness (QED) is 0.158. The molecule has 0 aliphatic carbocycles. The van der Waals surface area contributed by atoms with Crippen LogP contribution in [-0.4, -0.2) is 75.8 Å². The fraction of sp³-hybridized carbons (Fsp3) is 0.400. The first kappa shape index (κ1) is 32.0. The minimum Gasteiger partial charge on any atom is -0.465 e. The van der Waals surface area contributed by atoms with Gasteiger partial charge in [-0.05, 0) is 76.3 Å². The van der Waals surface area contributed by atoms with Crippen molar-refractivity contribution in [3.8, 4) is 33.6 Å². The third-order valence-electron chi connectivity index (χ3n) is 8.54. The summed E-state index contributed by atoms with van der Waals surface area (Å²) in [6, 6.07) is 10.7. The fourth-order valence-corrected chi connectivity index (χ4v) is 6.27. The van der Waals surface area contributed by atoms with E-state index in [0.717, 1.165) is 49.3 Å². The van der Waals surface area contributed by atoms with Crippen molar-refractivity contribution in [2.24, 2.45) is 0 Å². The Morgan fingerprint density at radius 2 is 1.38 bits per heavy atom. The standard InChI is InChI=1S/C35H40N6O6/c1-35(2,3)47-34(44)41-15-7-9-29(41)31-38-19-28(40-31)21-11-13-23(25(17-21)33(43)46-5)22-12-10-20(16-24(22)32(42)45-4)27-18-37-30(39-27)26-8-6-14-36-26/h10-13,16-19,26,29,36H,6-9,14-15H2,1-5H3,(H,37,39)(H,38,40)/t26-,29+/m0/s1. The smallest absolute Gasteiger partial charge is 0.410 e. The van der Waals surface area contributed by atoms with Crippen molar-refractivity contribution in [1.29, 1.82) is 0 Å². The van der Waals surface area contributed by atoms with E-state index in [4.69, 9.17) is 14.2 Å².